The van der Waals surface area contributed by atoms with E-state index >= 15 is 0 Å². The summed E-state index contributed by atoms with van der Waals surface area (Å²) < 4.78 is 5.69. The van der Waals surface area contributed by atoms with Crippen LogP contribution in [0.5, 0.6) is 5.88 Å². The molecule has 0 spiro atoms. The quantitative estimate of drug-likeness (QED) is 0.272. The Bertz CT molecular complexity index is 456. The summed E-state index contributed by atoms with van der Waals surface area (Å²) in [6, 6.07) is 1.88. The predicted molar refractivity (Wildman–Crippen MR) is 75.8 cm³/mol. The molecule has 0 amide bonds. The summed E-state index contributed by atoms with van der Waals surface area (Å²) in [6.07, 6.45) is 2.06. The van der Waals surface area contributed by atoms with Gasteiger partial charge in [0.15, 0.2) is 5.84 Å². The number of ether oxygens (including phenoxy) is 1. The number of nitrogens with two attached hydrogens (primary N) is 1. The third-order valence-corrected chi connectivity index (χ3v) is 2.84. The zero-order chi connectivity index (χ0) is 14.4. The number of aromatic nitrogens is 1. The van der Waals surface area contributed by atoms with Crippen LogP contribution in [0.25, 0.3) is 0 Å². The minimum atomic E-state index is 0.0314. The molecule has 0 saturated carbocycles. The van der Waals surface area contributed by atoms with Crippen molar-refractivity contribution >= 4 is 5.84 Å². The summed E-state index contributed by atoms with van der Waals surface area (Å²) in [5, 5.41) is 11.9. The number of rotatable bonds is 6. The highest BCUT2D eigenvalue weighted by molar-refractivity contribution is 6.00. The van der Waals surface area contributed by atoms with Crippen molar-refractivity contribution in [2.24, 2.45) is 16.8 Å². The molecule has 0 saturated heterocycles. The largest absolute Gasteiger partial charge is 0.477 e. The first-order valence-corrected chi connectivity index (χ1v) is 6.54. The van der Waals surface area contributed by atoms with Gasteiger partial charge in [-0.05, 0) is 44.2 Å². The third kappa shape index (κ3) is 4.43. The minimum absolute atomic E-state index is 0.0314. The van der Waals surface area contributed by atoms with Gasteiger partial charge in [-0.2, -0.15) is 0 Å². The van der Waals surface area contributed by atoms with Gasteiger partial charge in [0.2, 0.25) is 5.88 Å². The van der Waals surface area contributed by atoms with Crippen LogP contribution in [-0.4, -0.2) is 22.6 Å². The summed E-state index contributed by atoms with van der Waals surface area (Å²) in [5.74, 6) is 1.12. The summed E-state index contributed by atoms with van der Waals surface area (Å²) >= 11 is 0. The maximum Gasteiger partial charge on any atom is 0.225 e. The zero-order valence-electron chi connectivity index (χ0n) is 12.1. The molecule has 1 heterocycles. The topological polar surface area (TPSA) is 80.7 Å². The standard InChI is InChI=1S/C14H23N3O2/c1-9(2)6-5-7-19-14-12(13(15)17-18)10(3)8-11(4)16-14/h8-9,18H,5-7H2,1-4H3,(H2,15,17). The Labute approximate surface area is 114 Å². The van der Waals surface area contributed by atoms with E-state index in [1.807, 2.05) is 19.9 Å². The van der Waals surface area contributed by atoms with Crippen molar-refractivity contribution in [3.8, 4) is 5.88 Å². The van der Waals surface area contributed by atoms with E-state index in [0.717, 1.165) is 24.1 Å². The van der Waals surface area contributed by atoms with Crippen molar-refractivity contribution in [2.45, 2.75) is 40.5 Å². The van der Waals surface area contributed by atoms with Crippen molar-refractivity contribution in [3.05, 3.63) is 22.9 Å². The van der Waals surface area contributed by atoms with Crippen LogP contribution < -0.4 is 10.5 Å². The second kappa shape index (κ2) is 6.97. The molecule has 1 aromatic rings. The first-order valence-electron chi connectivity index (χ1n) is 6.54. The number of hydrogen-bond donors (Lipinski definition) is 2. The molecule has 1 aromatic heterocycles. The van der Waals surface area contributed by atoms with Crippen LogP contribution in [0.4, 0.5) is 0 Å². The molecule has 0 unspecified atom stereocenters. The Morgan fingerprint density at radius 1 is 1.47 bits per heavy atom. The molecule has 0 atom stereocenters. The van der Waals surface area contributed by atoms with E-state index in [4.69, 9.17) is 15.7 Å². The van der Waals surface area contributed by atoms with E-state index in [1.165, 1.54) is 0 Å². The lowest BCUT2D eigenvalue weighted by Crippen LogP contribution is -2.18. The van der Waals surface area contributed by atoms with Gasteiger partial charge in [0.25, 0.3) is 0 Å². The molecule has 0 radical (unpaired) electrons. The van der Waals surface area contributed by atoms with Crippen molar-refractivity contribution in [2.75, 3.05) is 6.61 Å². The molecular formula is C14H23N3O2. The average molecular weight is 265 g/mol. The number of amidine groups is 1. The monoisotopic (exact) mass is 265 g/mol. The lowest BCUT2D eigenvalue weighted by molar-refractivity contribution is 0.285. The minimum Gasteiger partial charge on any atom is -0.477 e. The van der Waals surface area contributed by atoms with E-state index in [-0.39, 0.29) is 5.84 Å². The molecule has 3 N–H and O–H groups in total. The summed E-state index contributed by atoms with van der Waals surface area (Å²) in [7, 11) is 0. The Morgan fingerprint density at radius 2 is 2.16 bits per heavy atom. The van der Waals surface area contributed by atoms with Crippen LogP contribution in [0.15, 0.2) is 11.2 Å². The van der Waals surface area contributed by atoms with Crippen molar-refractivity contribution in [3.63, 3.8) is 0 Å². The molecule has 19 heavy (non-hydrogen) atoms. The fraction of sp³-hybridized carbons (Fsp3) is 0.571. The van der Waals surface area contributed by atoms with Crippen molar-refractivity contribution in [1.82, 2.24) is 4.98 Å². The van der Waals surface area contributed by atoms with Gasteiger partial charge in [0, 0.05) is 5.69 Å². The maximum atomic E-state index is 8.83. The van der Waals surface area contributed by atoms with Crippen molar-refractivity contribution in [1.29, 1.82) is 0 Å². The third-order valence-electron chi connectivity index (χ3n) is 2.84. The van der Waals surface area contributed by atoms with Crippen LogP contribution in [0.2, 0.25) is 0 Å². The lowest BCUT2D eigenvalue weighted by atomic mass is 10.1. The van der Waals surface area contributed by atoms with Gasteiger partial charge in [0.05, 0.1) is 12.2 Å². The fourth-order valence-electron chi connectivity index (χ4n) is 1.93. The molecular weight excluding hydrogens is 242 g/mol. The summed E-state index contributed by atoms with van der Waals surface area (Å²) in [6.45, 7) is 8.72. The number of oxime groups is 1. The van der Waals surface area contributed by atoms with Crippen LogP contribution in [0.1, 0.15) is 43.5 Å². The summed E-state index contributed by atoms with van der Waals surface area (Å²) in [5.41, 5.74) is 7.99. The highest BCUT2D eigenvalue weighted by Crippen LogP contribution is 2.21. The summed E-state index contributed by atoms with van der Waals surface area (Å²) in [4.78, 5) is 4.33. The number of nitrogens with zero attached hydrogens (tertiary/aromatic N) is 2. The van der Waals surface area contributed by atoms with E-state index in [9.17, 15) is 0 Å². The number of hydrogen-bond acceptors (Lipinski definition) is 4. The van der Waals surface area contributed by atoms with E-state index in [1.54, 1.807) is 0 Å². The number of pyridine rings is 1. The molecule has 0 fully saturated rings. The van der Waals surface area contributed by atoms with Gasteiger partial charge >= 0.3 is 0 Å². The molecule has 0 aromatic carbocycles. The Balaban J connectivity index is 2.86. The van der Waals surface area contributed by atoms with Gasteiger partial charge in [-0.1, -0.05) is 19.0 Å². The highest BCUT2D eigenvalue weighted by Gasteiger charge is 2.14. The molecule has 106 valence electrons. The van der Waals surface area contributed by atoms with Gasteiger partial charge in [-0.25, -0.2) is 4.98 Å². The van der Waals surface area contributed by atoms with Gasteiger partial charge < -0.3 is 15.7 Å². The van der Waals surface area contributed by atoms with Gasteiger partial charge in [0.1, 0.15) is 0 Å². The van der Waals surface area contributed by atoms with Gasteiger partial charge in [-0.15, -0.1) is 0 Å². The highest BCUT2D eigenvalue weighted by atomic mass is 16.5. The Kier molecular flexibility index (Phi) is 5.60. The molecule has 5 heteroatoms. The smallest absolute Gasteiger partial charge is 0.225 e. The van der Waals surface area contributed by atoms with E-state index < -0.39 is 0 Å². The average Bonchev–Trinajstić information content (AvgIpc) is 2.33. The second-order valence-electron chi connectivity index (χ2n) is 5.13. The van der Waals surface area contributed by atoms with E-state index in [0.29, 0.717) is 24.0 Å². The van der Waals surface area contributed by atoms with Crippen LogP contribution >= 0.6 is 0 Å². The Hall–Kier alpha value is -1.78. The molecule has 1 rings (SSSR count). The lowest BCUT2D eigenvalue weighted by Gasteiger charge is -2.13. The molecule has 0 aliphatic carbocycles. The van der Waals surface area contributed by atoms with Gasteiger partial charge in [-0.3, -0.25) is 0 Å². The van der Waals surface area contributed by atoms with Crippen LogP contribution in [-0.2, 0) is 0 Å². The maximum absolute atomic E-state index is 8.83. The van der Waals surface area contributed by atoms with Crippen molar-refractivity contribution < 1.29 is 9.94 Å². The van der Waals surface area contributed by atoms with E-state index in [2.05, 4.69) is 24.0 Å². The zero-order valence-corrected chi connectivity index (χ0v) is 12.1. The molecule has 5 nitrogen and oxygen atoms in total. The fourth-order valence-corrected chi connectivity index (χ4v) is 1.93. The van der Waals surface area contributed by atoms with Crippen LogP contribution in [0, 0.1) is 19.8 Å². The predicted octanol–water partition coefficient (Wildman–Crippen LogP) is 2.61. The molecule has 0 aliphatic rings. The van der Waals surface area contributed by atoms with Crippen LogP contribution in [0.3, 0.4) is 0 Å². The molecule has 0 aliphatic heterocycles. The second-order valence-corrected chi connectivity index (χ2v) is 5.13. The Morgan fingerprint density at radius 3 is 2.74 bits per heavy atom. The SMILES string of the molecule is Cc1cc(C)c(/C(N)=N/O)c(OCCCC(C)C)n1. The number of aryl methyl sites for hydroxylation is 2. The first kappa shape index (κ1) is 15.3. The molecule has 0 bridgehead atoms. The normalized spacial score (nSPS) is 11.9. The first-order chi connectivity index (χ1) is 8.95.